The Morgan fingerprint density at radius 3 is 2.62 bits per heavy atom. The predicted molar refractivity (Wildman–Crippen MR) is 88.4 cm³/mol. The highest BCUT2D eigenvalue weighted by Crippen LogP contribution is 2.23. The molecule has 0 unspecified atom stereocenters. The second-order valence-electron chi connectivity index (χ2n) is 4.96. The Bertz CT molecular complexity index is 1010. The molecule has 2 aromatic carbocycles. The molecular weight excluding hydrogens is 333 g/mol. The van der Waals surface area contributed by atoms with Gasteiger partial charge in [-0.15, -0.1) is 0 Å². The summed E-state index contributed by atoms with van der Waals surface area (Å²) in [5.41, 5.74) is 0.920. The van der Waals surface area contributed by atoms with Crippen molar-refractivity contribution in [1.29, 1.82) is 0 Å². The summed E-state index contributed by atoms with van der Waals surface area (Å²) < 4.78 is 15.5. The molecule has 0 aliphatic heterocycles. The van der Waals surface area contributed by atoms with Crippen LogP contribution in [0.25, 0.3) is 10.2 Å². The van der Waals surface area contributed by atoms with Crippen molar-refractivity contribution in [3.8, 4) is 0 Å². The molecule has 0 saturated heterocycles. The molecular formula is C16H12FN3O3S. The molecule has 0 aliphatic rings. The lowest BCUT2D eigenvalue weighted by atomic mass is 10.2. The average Bonchev–Trinajstić information content (AvgIpc) is 2.91. The molecule has 6 nitrogen and oxygen atoms in total. The summed E-state index contributed by atoms with van der Waals surface area (Å²) in [4.78, 5) is 27.3. The zero-order valence-electron chi connectivity index (χ0n) is 12.6. The van der Waals surface area contributed by atoms with E-state index in [0.717, 1.165) is 4.70 Å². The van der Waals surface area contributed by atoms with Crippen molar-refractivity contribution in [2.75, 3.05) is 0 Å². The van der Waals surface area contributed by atoms with Crippen molar-refractivity contribution < 1.29 is 14.1 Å². The van der Waals surface area contributed by atoms with E-state index in [9.17, 15) is 19.3 Å². The van der Waals surface area contributed by atoms with Crippen LogP contribution in [0.15, 0.2) is 47.5 Å². The van der Waals surface area contributed by atoms with E-state index in [-0.39, 0.29) is 11.3 Å². The van der Waals surface area contributed by atoms with Crippen molar-refractivity contribution >= 4 is 33.1 Å². The van der Waals surface area contributed by atoms with Crippen LogP contribution in [0.4, 0.5) is 10.1 Å². The second-order valence-corrected chi connectivity index (χ2v) is 5.97. The van der Waals surface area contributed by atoms with E-state index in [4.69, 9.17) is 0 Å². The Labute approximate surface area is 139 Å². The van der Waals surface area contributed by atoms with Crippen molar-refractivity contribution in [2.24, 2.45) is 4.99 Å². The highest BCUT2D eigenvalue weighted by molar-refractivity contribution is 7.16. The van der Waals surface area contributed by atoms with Crippen LogP contribution in [-0.4, -0.2) is 15.4 Å². The van der Waals surface area contributed by atoms with Gasteiger partial charge in [-0.25, -0.2) is 4.39 Å². The van der Waals surface area contributed by atoms with Gasteiger partial charge in [-0.3, -0.25) is 14.9 Å². The second kappa shape index (κ2) is 6.32. The minimum atomic E-state index is -0.488. The third kappa shape index (κ3) is 2.95. The zero-order valence-corrected chi connectivity index (χ0v) is 13.4. The number of carbonyl (C=O) groups is 1. The van der Waals surface area contributed by atoms with Crippen LogP contribution in [-0.2, 0) is 6.54 Å². The van der Waals surface area contributed by atoms with Crippen LogP contribution < -0.4 is 4.80 Å². The molecule has 0 fully saturated rings. The molecule has 1 heterocycles. The number of nitro groups is 1. The van der Waals surface area contributed by atoms with Gasteiger partial charge in [0.1, 0.15) is 5.82 Å². The lowest BCUT2D eigenvalue weighted by molar-refractivity contribution is -0.384. The SMILES string of the molecule is CCn1c(=NC(=O)c2ccc(F)cc2)sc2ccc([N+](=O)[O-])cc21. The molecule has 24 heavy (non-hydrogen) atoms. The van der Waals surface area contributed by atoms with Gasteiger partial charge in [-0.05, 0) is 37.3 Å². The molecule has 0 spiro atoms. The highest BCUT2D eigenvalue weighted by Gasteiger charge is 2.12. The summed E-state index contributed by atoms with van der Waals surface area (Å²) in [6.45, 7) is 2.38. The first kappa shape index (κ1) is 16.0. The van der Waals surface area contributed by atoms with Crippen molar-refractivity contribution in [2.45, 2.75) is 13.5 Å². The molecule has 3 aromatic rings. The third-order valence-electron chi connectivity index (χ3n) is 3.48. The summed E-state index contributed by atoms with van der Waals surface area (Å²) in [6.07, 6.45) is 0. The van der Waals surface area contributed by atoms with Gasteiger partial charge in [0.2, 0.25) is 0 Å². The monoisotopic (exact) mass is 345 g/mol. The van der Waals surface area contributed by atoms with Gasteiger partial charge in [0.25, 0.3) is 11.6 Å². The van der Waals surface area contributed by atoms with Gasteiger partial charge in [0, 0.05) is 24.2 Å². The van der Waals surface area contributed by atoms with E-state index < -0.39 is 16.6 Å². The number of thiazole rings is 1. The van der Waals surface area contributed by atoms with Crippen LogP contribution in [0.1, 0.15) is 17.3 Å². The molecule has 0 bridgehead atoms. The standard InChI is InChI=1S/C16H12FN3O3S/c1-2-19-13-9-12(20(22)23)7-8-14(13)24-16(19)18-15(21)10-3-5-11(17)6-4-10/h3-9H,2H2,1H3. The van der Waals surface area contributed by atoms with Crippen LogP contribution in [0.2, 0.25) is 0 Å². The molecule has 8 heteroatoms. The summed E-state index contributed by atoms with van der Waals surface area (Å²) in [7, 11) is 0. The molecule has 1 amide bonds. The number of amides is 1. The summed E-state index contributed by atoms with van der Waals surface area (Å²) in [5.74, 6) is -0.914. The number of nitrogens with zero attached hydrogens (tertiary/aromatic N) is 3. The van der Waals surface area contributed by atoms with Crippen LogP contribution in [0.3, 0.4) is 0 Å². The van der Waals surface area contributed by atoms with E-state index in [0.29, 0.717) is 16.9 Å². The number of aryl methyl sites for hydroxylation is 1. The first-order valence-electron chi connectivity index (χ1n) is 7.12. The van der Waals surface area contributed by atoms with Crippen LogP contribution in [0.5, 0.6) is 0 Å². The number of aromatic nitrogens is 1. The van der Waals surface area contributed by atoms with Crippen LogP contribution >= 0.6 is 11.3 Å². The predicted octanol–water partition coefficient (Wildman–Crippen LogP) is 3.51. The van der Waals surface area contributed by atoms with Crippen LogP contribution in [0, 0.1) is 15.9 Å². The number of nitro benzene ring substituents is 1. The van der Waals surface area contributed by atoms with Crippen molar-refractivity contribution in [3.05, 3.63) is 68.8 Å². The van der Waals surface area contributed by atoms with E-state index >= 15 is 0 Å². The summed E-state index contributed by atoms with van der Waals surface area (Å²) in [6, 6.07) is 9.67. The lowest BCUT2D eigenvalue weighted by Gasteiger charge is -2.00. The first-order valence-corrected chi connectivity index (χ1v) is 7.93. The molecule has 0 radical (unpaired) electrons. The maximum atomic E-state index is 12.9. The number of carbonyl (C=O) groups excluding carboxylic acids is 1. The fourth-order valence-electron chi connectivity index (χ4n) is 2.31. The quantitative estimate of drug-likeness (QED) is 0.538. The molecule has 122 valence electrons. The minimum absolute atomic E-state index is 0.0149. The number of rotatable bonds is 3. The molecule has 1 aromatic heterocycles. The average molecular weight is 345 g/mol. The molecule has 0 saturated carbocycles. The minimum Gasteiger partial charge on any atom is -0.316 e. The highest BCUT2D eigenvalue weighted by atomic mass is 32.1. The van der Waals surface area contributed by atoms with Crippen molar-refractivity contribution in [1.82, 2.24) is 4.57 Å². The Morgan fingerprint density at radius 1 is 1.29 bits per heavy atom. The molecule has 0 N–H and O–H groups in total. The number of fused-ring (bicyclic) bond motifs is 1. The van der Waals surface area contributed by atoms with E-state index in [1.807, 2.05) is 6.92 Å². The Hall–Kier alpha value is -2.87. The Morgan fingerprint density at radius 2 is 2.00 bits per heavy atom. The van der Waals surface area contributed by atoms with Gasteiger partial charge in [-0.2, -0.15) is 4.99 Å². The number of hydrogen-bond donors (Lipinski definition) is 0. The number of halogens is 1. The summed E-state index contributed by atoms with van der Waals surface area (Å²) >= 11 is 1.27. The molecule has 3 rings (SSSR count). The van der Waals surface area contributed by atoms with E-state index in [1.54, 1.807) is 10.6 Å². The zero-order chi connectivity index (χ0) is 17.3. The molecule has 0 atom stereocenters. The number of benzene rings is 2. The van der Waals surface area contributed by atoms with Gasteiger partial charge < -0.3 is 4.57 Å². The van der Waals surface area contributed by atoms with Gasteiger partial charge in [0.15, 0.2) is 4.80 Å². The molecule has 0 aliphatic carbocycles. The normalized spacial score (nSPS) is 11.8. The fourth-order valence-corrected chi connectivity index (χ4v) is 3.38. The van der Waals surface area contributed by atoms with E-state index in [2.05, 4.69) is 4.99 Å². The maximum Gasteiger partial charge on any atom is 0.279 e. The largest absolute Gasteiger partial charge is 0.316 e. The number of non-ortho nitro benzene ring substituents is 1. The van der Waals surface area contributed by atoms with Crippen molar-refractivity contribution in [3.63, 3.8) is 0 Å². The Balaban J connectivity index is 2.13. The fraction of sp³-hybridized carbons (Fsp3) is 0.125. The topological polar surface area (TPSA) is 77.5 Å². The third-order valence-corrected chi connectivity index (χ3v) is 4.54. The number of hydrogen-bond acceptors (Lipinski definition) is 4. The smallest absolute Gasteiger partial charge is 0.279 e. The first-order chi connectivity index (χ1) is 11.5. The Kier molecular flexibility index (Phi) is 4.22. The van der Waals surface area contributed by atoms with E-state index in [1.165, 1.54) is 47.7 Å². The van der Waals surface area contributed by atoms with Gasteiger partial charge in [0.05, 0.1) is 15.1 Å². The lowest BCUT2D eigenvalue weighted by Crippen LogP contribution is -2.15. The van der Waals surface area contributed by atoms with Gasteiger partial charge >= 0.3 is 0 Å². The maximum absolute atomic E-state index is 12.9. The van der Waals surface area contributed by atoms with Gasteiger partial charge in [-0.1, -0.05) is 11.3 Å². The summed E-state index contributed by atoms with van der Waals surface area (Å²) in [5, 5.41) is 10.9.